The molecule has 2 N–H and O–H groups in total. The van der Waals surface area contributed by atoms with Crippen molar-refractivity contribution in [2.24, 2.45) is 5.92 Å². The fourth-order valence-electron chi connectivity index (χ4n) is 3.49. The van der Waals surface area contributed by atoms with Gasteiger partial charge >= 0.3 is 0 Å². The molecular formula is C22H27N3O2. The van der Waals surface area contributed by atoms with Crippen molar-refractivity contribution in [1.29, 1.82) is 0 Å². The highest BCUT2D eigenvalue weighted by molar-refractivity contribution is 6.08. The zero-order chi connectivity index (χ0) is 19.1. The Morgan fingerprint density at radius 3 is 2.56 bits per heavy atom. The minimum Gasteiger partial charge on any atom is -0.351 e. The minimum absolute atomic E-state index is 0.163. The zero-order valence-electron chi connectivity index (χ0n) is 15.8. The first-order valence-corrected chi connectivity index (χ1v) is 9.59. The number of carbonyl (C=O) groups is 2. The summed E-state index contributed by atoms with van der Waals surface area (Å²) in [4.78, 5) is 27.4. The summed E-state index contributed by atoms with van der Waals surface area (Å²) in [5.41, 5.74) is 1.57. The fraction of sp³-hybridized carbons (Fsp3) is 0.364. The van der Waals surface area contributed by atoms with Crippen LogP contribution in [0.3, 0.4) is 0 Å². The van der Waals surface area contributed by atoms with Crippen molar-refractivity contribution >= 4 is 17.5 Å². The Morgan fingerprint density at radius 1 is 1.04 bits per heavy atom. The highest BCUT2D eigenvalue weighted by Gasteiger charge is 2.17. The van der Waals surface area contributed by atoms with Gasteiger partial charge in [-0.15, -0.1) is 0 Å². The van der Waals surface area contributed by atoms with Crippen LogP contribution in [0.5, 0.6) is 0 Å². The van der Waals surface area contributed by atoms with Gasteiger partial charge in [-0.3, -0.25) is 9.59 Å². The van der Waals surface area contributed by atoms with Crippen LogP contribution >= 0.6 is 0 Å². The van der Waals surface area contributed by atoms with Gasteiger partial charge < -0.3 is 15.5 Å². The molecule has 5 heteroatoms. The quantitative estimate of drug-likeness (QED) is 0.825. The second-order valence-corrected chi connectivity index (χ2v) is 7.17. The molecule has 0 radical (unpaired) electrons. The first-order chi connectivity index (χ1) is 13.1. The van der Waals surface area contributed by atoms with E-state index in [1.165, 1.54) is 12.8 Å². The molecule has 1 heterocycles. The lowest BCUT2D eigenvalue weighted by Gasteiger charge is -2.30. The van der Waals surface area contributed by atoms with Crippen molar-refractivity contribution in [3.05, 3.63) is 65.7 Å². The molecule has 0 aromatic heterocycles. The second-order valence-electron chi connectivity index (χ2n) is 7.17. The van der Waals surface area contributed by atoms with Crippen molar-refractivity contribution < 1.29 is 9.59 Å². The molecule has 2 amide bonds. The third-order valence-corrected chi connectivity index (χ3v) is 4.91. The van der Waals surface area contributed by atoms with Crippen LogP contribution in [0.4, 0.5) is 5.69 Å². The van der Waals surface area contributed by atoms with E-state index in [9.17, 15) is 9.59 Å². The summed E-state index contributed by atoms with van der Waals surface area (Å²) < 4.78 is 0. The topological polar surface area (TPSA) is 61.4 Å². The molecule has 0 unspecified atom stereocenters. The van der Waals surface area contributed by atoms with Gasteiger partial charge in [0.25, 0.3) is 11.8 Å². The monoisotopic (exact) mass is 365 g/mol. The molecule has 5 nitrogen and oxygen atoms in total. The van der Waals surface area contributed by atoms with Gasteiger partial charge in [0.1, 0.15) is 0 Å². The van der Waals surface area contributed by atoms with Gasteiger partial charge in [-0.25, -0.2) is 0 Å². The number of para-hydroxylation sites is 1. The average molecular weight is 365 g/mol. The van der Waals surface area contributed by atoms with Crippen molar-refractivity contribution in [3.8, 4) is 0 Å². The third kappa shape index (κ3) is 5.41. The normalized spacial score (nSPS) is 17.3. The van der Waals surface area contributed by atoms with Gasteiger partial charge in [0.2, 0.25) is 0 Å². The smallest absolute Gasteiger partial charge is 0.255 e. The number of piperidine rings is 1. The van der Waals surface area contributed by atoms with Gasteiger partial charge in [0.05, 0.1) is 11.3 Å². The maximum atomic E-state index is 12.6. The van der Waals surface area contributed by atoms with E-state index in [2.05, 4.69) is 22.5 Å². The van der Waals surface area contributed by atoms with Crippen LogP contribution in [0, 0.1) is 5.92 Å². The molecule has 2 aromatic rings. The second kappa shape index (κ2) is 9.33. The Morgan fingerprint density at radius 2 is 1.78 bits per heavy atom. The van der Waals surface area contributed by atoms with E-state index < -0.39 is 0 Å². The molecule has 1 fully saturated rings. The van der Waals surface area contributed by atoms with Crippen LogP contribution in [0.25, 0.3) is 0 Å². The third-order valence-electron chi connectivity index (χ3n) is 4.91. The number of rotatable bonds is 6. The van der Waals surface area contributed by atoms with E-state index in [1.807, 2.05) is 24.3 Å². The number of carbonyl (C=O) groups excluding carboxylic acids is 2. The standard InChI is InChI=1S/C22H27N3O2/c1-17-8-7-14-25(16-17)15-13-23-22(27)19-11-5-6-12-20(19)24-21(26)18-9-3-2-4-10-18/h2-6,9-12,17H,7-8,13-16H2,1H3,(H,23,27)(H,24,26)/t17-/m0/s1. The number of anilines is 1. The molecule has 0 saturated carbocycles. The van der Waals surface area contributed by atoms with Crippen molar-refractivity contribution in [2.75, 3.05) is 31.5 Å². The van der Waals surface area contributed by atoms with Gasteiger partial charge in [-0.05, 0) is 49.6 Å². The van der Waals surface area contributed by atoms with Gasteiger partial charge in [0.15, 0.2) is 0 Å². The van der Waals surface area contributed by atoms with E-state index in [0.29, 0.717) is 23.4 Å². The van der Waals surface area contributed by atoms with Crippen LogP contribution in [-0.2, 0) is 0 Å². The number of nitrogens with one attached hydrogen (secondary N) is 2. The van der Waals surface area contributed by atoms with Crippen LogP contribution < -0.4 is 10.6 Å². The predicted octanol–water partition coefficient (Wildman–Crippen LogP) is 3.40. The van der Waals surface area contributed by atoms with Crippen LogP contribution in [0.1, 0.15) is 40.5 Å². The number of benzene rings is 2. The van der Waals surface area contributed by atoms with Crippen molar-refractivity contribution in [2.45, 2.75) is 19.8 Å². The Bertz CT molecular complexity index is 776. The summed E-state index contributed by atoms with van der Waals surface area (Å²) in [7, 11) is 0. The Labute approximate surface area is 160 Å². The maximum absolute atomic E-state index is 12.6. The molecule has 142 valence electrons. The number of nitrogens with zero attached hydrogens (tertiary/aromatic N) is 1. The lowest BCUT2D eigenvalue weighted by Crippen LogP contribution is -2.40. The summed E-state index contributed by atoms with van der Waals surface area (Å²) >= 11 is 0. The summed E-state index contributed by atoms with van der Waals surface area (Å²) in [6.07, 6.45) is 2.51. The number of hydrogen-bond acceptors (Lipinski definition) is 3. The molecule has 1 aliphatic heterocycles. The molecule has 3 rings (SSSR count). The van der Waals surface area contributed by atoms with E-state index in [-0.39, 0.29) is 11.8 Å². The lowest BCUT2D eigenvalue weighted by atomic mass is 10.0. The number of amides is 2. The SMILES string of the molecule is C[C@H]1CCCN(CCNC(=O)c2ccccc2NC(=O)c2ccccc2)C1. The van der Waals surface area contributed by atoms with Crippen LogP contribution in [-0.4, -0.2) is 42.9 Å². The highest BCUT2D eigenvalue weighted by atomic mass is 16.2. The molecule has 1 saturated heterocycles. The Balaban J connectivity index is 1.57. The van der Waals surface area contributed by atoms with Crippen LogP contribution in [0.2, 0.25) is 0 Å². The Kier molecular flexibility index (Phi) is 6.60. The van der Waals surface area contributed by atoms with Crippen molar-refractivity contribution in [3.63, 3.8) is 0 Å². The van der Waals surface area contributed by atoms with E-state index in [4.69, 9.17) is 0 Å². The zero-order valence-corrected chi connectivity index (χ0v) is 15.8. The average Bonchev–Trinajstić information content (AvgIpc) is 2.69. The first kappa shape index (κ1) is 19.1. The summed E-state index contributed by atoms with van der Waals surface area (Å²) in [5.74, 6) is 0.338. The number of likely N-dealkylation sites (tertiary alicyclic amines) is 1. The Hall–Kier alpha value is -2.66. The summed E-state index contributed by atoms with van der Waals surface area (Å²) in [6.45, 7) is 5.93. The predicted molar refractivity (Wildman–Crippen MR) is 108 cm³/mol. The van der Waals surface area contributed by atoms with Gasteiger partial charge in [-0.2, -0.15) is 0 Å². The molecule has 27 heavy (non-hydrogen) atoms. The largest absolute Gasteiger partial charge is 0.351 e. The lowest BCUT2D eigenvalue weighted by molar-refractivity contribution is 0.0944. The van der Waals surface area contributed by atoms with Crippen LogP contribution in [0.15, 0.2) is 54.6 Å². The molecule has 0 aliphatic carbocycles. The van der Waals surface area contributed by atoms with E-state index in [0.717, 1.165) is 25.6 Å². The highest BCUT2D eigenvalue weighted by Crippen LogP contribution is 2.17. The van der Waals surface area contributed by atoms with Gasteiger partial charge in [-0.1, -0.05) is 37.3 Å². The molecule has 0 bridgehead atoms. The summed E-state index contributed by atoms with van der Waals surface area (Å²) in [5, 5.41) is 5.83. The molecule has 2 aromatic carbocycles. The molecular weight excluding hydrogens is 338 g/mol. The maximum Gasteiger partial charge on any atom is 0.255 e. The number of hydrogen-bond donors (Lipinski definition) is 2. The van der Waals surface area contributed by atoms with E-state index in [1.54, 1.807) is 30.3 Å². The minimum atomic E-state index is -0.224. The first-order valence-electron chi connectivity index (χ1n) is 9.59. The van der Waals surface area contributed by atoms with Gasteiger partial charge in [0, 0.05) is 25.2 Å². The molecule has 0 spiro atoms. The molecule has 1 atom stereocenters. The van der Waals surface area contributed by atoms with Crippen molar-refractivity contribution in [1.82, 2.24) is 10.2 Å². The fourth-order valence-corrected chi connectivity index (χ4v) is 3.49. The molecule has 1 aliphatic rings. The van der Waals surface area contributed by atoms with E-state index >= 15 is 0 Å². The summed E-state index contributed by atoms with van der Waals surface area (Å²) in [6, 6.07) is 16.1.